The number of pyridine rings is 1. The SMILES string of the molecule is CCOc1cccc(C(CC(=O)O)NC(=O)Nc2c(O)c(Cl)cn(Cc3c(Cl)cccc3OCC)c2=O)c1. The van der Waals surface area contributed by atoms with E-state index in [1.54, 1.807) is 56.3 Å². The first kappa shape index (κ1) is 28.7. The van der Waals surface area contributed by atoms with Gasteiger partial charge in [0.15, 0.2) is 11.4 Å². The average Bonchev–Trinajstić information content (AvgIpc) is 2.87. The highest BCUT2D eigenvalue weighted by Crippen LogP contribution is 2.31. The van der Waals surface area contributed by atoms with Crippen molar-refractivity contribution in [3.8, 4) is 17.2 Å². The summed E-state index contributed by atoms with van der Waals surface area (Å²) in [5.74, 6) is -0.826. The number of hydrogen-bond donors (Lipinski definition) is 4. The Morgan fingerprint density at radius 2 is 1.76 bits per heavy atom. The number of hydrogen-bond acceptors (Lipinski definition) is 6. The summed E-state index contributed by atoms with van der Waals surface area (Å²) >= 11 is 12.5. The molecule has 0 radical (unpaired) electrons. The molecule has 3 aromatic rings. The van der Waals surface area contributed by atoms with Crippen LogP contribution in [0.15, 0.2) is 53.5 Å². The molecule has 0 saturated carbocycles. The summed E-state index contributed by atoms with van der Waals surface area (Å²) in [5, 5.41) is 24.8. The molecule has 0 aliphatic rings. The second-order valence-electron chi connectivity index (χ2n) is 8.04. The zero-order chi connectivity index (χ0) is 27.8. The Morgan fingerprint density at radius 3 is 2.45 bits per heavy atom. The summed E-state index contributed by atoms with van der Waals surface area (Å²) in [5.41, 5.74) is -0.274. The minimum atomic E-state index is -1.16. The summed E-state index contributed by atoms with van der Waals surface area (Å²) in [6.45, 7) is 4.33. The van der Waals surface area contributed by atoms with E-state index < -0.39 is 41.5 Å². The van der Waals surface area contributed by atoms with Crippen molar-refractivity contribution in [3.05, 3.63) is 80.2 Å². The number of nitrogens with one attached hydrogen (secondary N) is 2. The van der Waals surface area contributed by atoms with Crippen LogP contribution in [0.25, 0.3) is 0 Å². The molecule has 2 aromatic carbocycles. The molecule has 0 aliphatic carbocycles. The number of urea groups is 1. The highest BCUT2D eigenvalue weighted by molar-refractivity contribution is 6.32. The average molecular weight is 564 g/mol. The Hall–Kier alpha value is -3.89. The van der Waals surface area contributed by atoms with Crippen LogP contribution in [0.2, 0.25) is 10.0 Å². The van der Waals surface area contributed by atoms with Crippen LogP contribution >= 0.6 is 23.2 Å². The van der Waals surface area contributed by atoms with Crippen LogP contribution in [0.3, 0.4) is 0 Å². The fourth-order valence-electron chi connectivity index (χ4n) is 3.73. The van der Waals surface area contributed by atoms with Crippen molar-refractivity contribution in [2.45, 2.75) is 32.9 Å². The number of ether oxygens (including phenoxy) is 2. The van der Waals surface area contributed by atoms with Gasteiger partial charge in [0.1, 0.15) is 16.5 Å². The number of aliphatic carboxylic acids is 1. The lowest BCUT2D eigenvalue weighted by atomic mass is 10.0. The number of benzene rings is 2. The van der Waals surface area contributed by atoms with Gasteiger partial charge in [0.05, 0.1) is 32.2 Å². The molecular weight excluding hydrogens is 537 g/mol. The van der Waals surface area contributed by atoms with Crippen LogP contribution in [-0.2, 0) is 11.3 Å². The van der Waals surface area contributed by atoms with Crippen molar-refractivity contribution < 1.29 is 29.3 Å². The van der Waals surface area contributed by atoms with Gasteiger partial charge in [-0.3, -0.25) is 9.59 Å². The predicted octanol–water partition coefficient (Wildman–Crippen LogP) is 5.04. The lowest BCUT2D eigenvalue weighted by Gasteiger charge is -2.19. The third-order valence-electron chi connectivity index (χ3n) is 5.41. The number of carboxylic acid groups (broad SMARTS) is 1. The lowest BCUT2D eigenvalue weighted by Crippen LogP contribution is -2.36. The van der Waals surface area contributed by atoms with Crippen molar-refractivity contribution in [2.75, 3.05) is 18.5 Å². The highest BCUT2D eigenvalue weighted by Gasteiger charge is 2.22. The van der Waals surface area contributed by atoms with Crippen LogP contribution in [0.1, 0.15) is 37.4 Å². The molecule has 10 nitrogen and oxygen atoms in total. The first-order chi connectivity index (χ1) is 18.1. The number of rotatable bonds is 11. The molecule has 38 heavy (non-hydrogen) atoms. The summed E-state index contributed by atoms with van der Waals surface area (Å²) in [6, 6.07) is 9.78. The van der Waals surface area contributed by atoms with E-state index in [1.807, 2.05) is 0 Å². The summed E-state index contributed by atoms with van der Waals surface area (Å²) < 4.78 is 12.2. The van der Waals surface area contributed by atoms with Gasteiger partial charge < -0.3 is 34.9 Å². The summed E-state index contributed by atoms with van der Waals surface area (Å²) in [4.78, 5) is 37.6. The summed E-state index contributed by atoms with van der Waals surface area (Å²) in [7, 11) is 0. The fraction of sp³-hybridized carbons (Fsp3) is 0.269. The molecule has 1 unspecified atom stereocenters. The number of amides is 2. The Morgan fingerprint density at radius 1 is 1.05 bits per heavy atom. The van der Waals surface area contributed by atoms with Gasteiger partial charge in [-0.1, -0.05) is 41.4 Å². The van der Waals surface area contributed by atoms with Crippen molar-refractivity contribution in [1.82, 2.24) is 9.88 Å². The molecule has 2 amide bonds. The maximum Gasteiger partial charge on any atom is 0.319 e. The third kappa shape index (κ3) is 7.11. The molecule has 3 rings (SSSR count). The topological polar surface area (TPSA) is 139 Å². The number of carbonyl (C=O) groups is 2. The molecule has 12 heteroatoms. The maximum atomic E-state index is 13.2. The van der Waals surface area contributed by atoms with Crippen LogP contribution in [0.4, 0.5) is 10.5 Å². The quantitative estimate of drug-likeness (QED) is 0.256. The molecule has 0 spiro atoms. The highest BCUT2D eigenvalue weighted by atomic mass is 35.5. The minimum Gasteiger partial charge on any atom is -0.504 e. The van der Waals surface area contributed by atoms with Crippen molar-refractivity contribution in [3.63, 3.8) is 0 Å². The van der Waals surface area contributed by atoms with Gasteiger partial charge in [0, 0.05) is 16.8 Å². The van der Waals surface area contributed by atoms with Crippen LogP contribution in [0.5, 0.6) is 17.2 Å². The number of anilines is 1. The molecule has 1 aromatic heterocycles. The Labute approximate surface area is 228 Å². The molecule has 0 aliphatic heterocycles. The first-order valence-electron chi connectivity index (χ1n) is 11.7. The number of nitrogens with zero attached hydrogens (tertiary/aromatic N) is 1. The van der Waals surface area contributed by atoms with Gasteiger partial charge in [-0.2, -0.15) is 0 Å². The molecule has 1 atom stereocenters. The molecule has 4 N–H and O–H groups in total. The van der Waals surface area contributed by atoms with Gasteiger partial charge >= 0.3 is 12.0 Å². The largest absolute Gasteiger partial charge is 0.504 e. The molecule has 0 fully saturated rings. The van der Waals surface area contributed by atoms with Crippen LogP contribution in [0, 0.1) is 0 Å². The van der Waals surface area contributed by atoms with Gasteiger partial charge in [0.2, 0.25) is 0 Å². The number of aromatic nitrogens is 1. The maximum absolute atomic E-state index is 13.2. The Bertz CT molecular complexity index is 1380. The second-order valence-corrected chi connectivity index (χ2v) is 8.85. The van der Waals surface area contributed by atoms with Gasteiger partial charge in [-0.15, -0.1) is 0 Å². The number of halogens is 2. The van der Waals surface area contributed by atoms with Crippen molar-refractivity contribution >= 4 is 40.9 Å². The second kappa shape index (κ2) is 13.1. The number of carbonyl (C=O) groups excluding carboxylic acids is 1. The van der Waals surface area contributed by atoms with E-state index >= 15 is 0 Å². The van der Waals surface area contributed by atoms with Gasteiger partial charge in [0.25, 0.3) is 5.56 Å². The van der Waals surface area contributed by atoms with Crippen molar-refractivity contribution in [1.29, 1.82) is 0 Å². The monoisotopic (exact) mass is 563 g/mol. The smallest absolute Gasteiger partial charge is 0.319 e. The van der Waals surface area contributed by atoms with Crippen LogP contribution in [-0.4, -0.2) is 40.0 Å². The molecular formula is C26H27Cl2N3O7. The summed E-state index contributed by atoms with van der Waals surface area (Å²) in [6.07, 6.45) is 0.773. The third-order valence-corrected chi connectivity index (χ3v) is 6.04. The van der Waals surface area contributed by atoms with Gasteiger partial charge in [-0.05, 0) is 43.7 Å². The van der Waals surface area contributed by atoms with Crippen LogP contribution < -0.4 is 25.7 Å². The first-order valence-corrected chi connectivity index (χ1v) is 12.4. The fourth-order valence-corrected chi connectivity index (χ4v) is 4.16. The lowest BCUT2D eigenvalue weighted by molar-refractivity contribution is -0.137. The van der Waals surface area contributed by atoms with E-state index in [0.29, 0.717) is 40.9 Å². The Kier molecular flexibility index (Phi) is 9.86. The minimum absolute atomic E-state index is 0.0595. The van der Waals surface area contributed by atoms with E-state index in [1.165, 1.54) is 10.8 Å². The zero-order valence-electron chi connectivity index (χ0n) is 20.7. The normalized spacial score (nSPS) is 11.5. The molecule has 202 valence electrons. The van der Waals surface area contributed by atoms with E-state index in [2.05, 4.69) is 10.6 Å². The number of aromatic hydroxyl groups is 1. The molecule has 1 heterocycles. The standard InChI is InChI=1S/C26H27Cl2N3O7/c1-3-37-16-8-5-7-15(11-16)20(12-22(32)33)29-26(36)30-23-24(34)19(28)14-31(25(23)35)13-17-18(27)9-6-10-21(17)38-4-2/h5-11,14,20,34H,3-4,12-13H2,1-2H3,(H,32,33)(H2,29,30,36). The van der Waals surface area contributed by atoms with Crippen molar-refractivity contribution in [2.24, 2.45) is 0 Å². The zero-order valence-corrected chi connectivity index (χ0v) is 22.2. The Balaban J connectivity index is 1.90. The molecule has 0 saturated heterocycles. The van der Waals surface area contributed by atoms with E-state index in [0.717, 1.165) is 0 Å². The predicted molar refractivity (Wildman–Crippen MR) is 144 cm³/mol. The van der Waals surface area contributed by atoms with E-state index in [9.17, 15) is 24.6 Å². The van der Waals surface area contributed by atoms with Gasteiger partial charge in [-0.25, -0.2) is 4.79 Å². The number of carboxylic acids is 1. The van der Waals surface area contributed by atoms with E-state index in [-0.39, 0.29) is 11.6 Å². The molecule has 0 bridgehead atoms. The van der Waals surface area contributed by atoms with E-state index in [4.69, 9.17) is 32.7 Å².